The highest BCUT2D eigenvalue weighted by atomic mass is 16.2. The maximum atomic E-state index is 13.2. The Morgan fingerprint density at radius 3 is 2.47 bits per heavy atom. The molecular weight excluding hydrogens is 426 g/mol. The summed E-state index contributed by atoms with van der Waals surface area (Å²) < 4.78 is 0. The Morgan fingerprint density at radius 2 is 1.71 bits per heavy atom. The Morgan fingerprint density at radius 1 is 0.941 bits per heavy atom. The van der Waals surface area contributed by atoms with E-state index < -0.39 is 0 Å². The molecule has 0 spiro atoms. The lowest BCUT2D eigenvalue weighted by Crippen LogP contribution is -2.48. The van der Waals surface area contributed by atoms with Crippen LogP contribution >= 0.6 is 0 Å². The maximum absolute atomic E-state index is 13.2. The summed E-state index contributed by atoms with van der Waals surface area (Å²) in [5, 5.41) is 6.13. The van der Waals surface area contributed by atoms with Crippen molar-refractivity contribution >= 4 is 23.4 Å². The third-order valence-electron chi connectivity index (χ3n) is 7.20. The van der Waals surface area contributed by atoms with E-state index in [-0.39, 0.29) is 29.7 Å². The SMILES string of the molecule is Cc1ccccc1C(=O)Nc1cccc(C(=O)N2CCCC(C(=O)NC3CCC(C)CC3)C2)c1. The Labute approximate surface area is 202 Å². The predicted octanol–water partition coefficient (Wildman–Crippen LogP) is 4.79. The van der Waals surface area contributed by atoms with Crippen molar-refractivity contribution in [3.63, 3.8) is 0 Å². The van der Waals surface area contributed by atoms with Gasteiger partial charge in [-0.3, -0.25) is 14.4 Å². The first-order valence-corrected chi connectivity index (χ1v) is 12.5. The van der Waals surface area contributed by atoms with E-state index in [1.54, 1.807) is 35.2 Å². The zero-order valence-electron chi connectivity index (χ0n) is 20.2. The van der Waals surface area contributed by atoms with Gasteiger partial charge in [-0.25, -0.2) is 0 Å². The molecule has 1 aliphatic heterocycles. The summed E-state index contributed by atoms with van der Waals surface area (Å²) in [7, 11) is 0. The van der Waals surface area contributed by atoms with Crippen LogP contribution in [0.4, 0.5) is 5.69 Å². The lowest BCUT2D eigenvalue weighted by atomic mass is 9.87. The van der Waals surface area contributed by atoms with Crippen molar-refractivity contribution in [1.29, 1.82) is 0 Å². The molecule has 2 aromatic carbocycles. The summed E-state index contributed by atoms with van der Waals surface area (Å²) in [6.45, 7) is 5.25. The Balaban J connectivity index is 1.37. The monoisotopic (exact) mass is 461 g/mol. The Kier molecular flexibility index (Phi) is 7.66. The zero-order valence-corrected chi connectivity index (χ0v) is 20.2. The Bertz CT molecular complexity index is 1040. The van der Waals surface area contributed by atoms with Crippen LogP contribution in [0, 0.1) is 18.8 Å². The molecule has 3 amide bonds. The molecule has 1 atom stereocenters. The molecule has 2 N–H and O–H groups in total. The molecule has 4 rings (SSSR count). The number of nitrogens with zero attached hydrogens (tertiary/aromatic N) is 1. The lowest BCUT2D eigenvalue weighted by molar-refractivity contribution is -0.127. The van der Waals surface area contributed by atoms with Gasteiger partial charge in [-0.1, -0.05) is 31.2 Å². The van der Waals surface area contributed by atoms with E-state index in [0.29, 0.717) is 29.9 Å². The van der Waals surface area contributed by atoms with Crippen molar-refractivity contribution < 1.29 is 14.4 Å². The highest BCUT2D eigenvalue weighted by Gasteiger charge is 2.30. The number of rotatable bonds is 5. The predicted molar refractivity (Wildman–Crippen MR) is 134 cm³/mol. The van der Waals surface area contributed by atoms with Crippen LogP contribution in [0.3, 0.4) is 0 Å². The average Bonchev–Trinajstić information content (AvgIpc) is 2.85. The summed E-state index contributed by atoms with van der Waals surface area (Å²) in [6, 6.07) is 14.7. The first kappa shape index (κ1) is 24.0. The van der Waals surface area contributed by atoms with Crippen molar-refractivity contribution in [3.05, 3.63) is 65.2 Å². The molecule has 2 fully saturated rings. The first-order valence-electron chi connectivity index (χ1n) is 12.5. The van der Waals surface area contributed by atoms with E-state index in [2.05, 4.69) is 17.6 Å². The fraction of sp³-hybridized carbons (Fsp3) is 0.464. The van der Waals surface area contributed by atoms with Crippen LogP contribution in [-0.4, -0.2) is 41.8 Å². The van der Waals surface area contributed by atoms with Crippen LogP contribution < -0.4 is 10.6 Å². The summed E-state index contributed by atoms with van der Waals surface area (Å²) in [5.41, 5.74) is 2.60. The second-order valence-corrected chi connectivity index (χ2v) is 9.91. The van der Waals surface area contributed by atoms with Gasteiger partial charge in [0.2, 0.25) is 5.91 Å². The topological polar surface area (TPSA) is 78.5 Å². The smallest absolute Gasteiger partial charge is 0.255 e. The minimum atomic E-state index is -0.200. The number of nitrogens with one attached hydrogen (secondary N) is 2. The summed E-state index contributed by atoms with van der Waals surface area (Å²) in [6.07, 6.45) is 6.04. The molecule has 0 aromatic heterocycles. The van der Waals surface area contributed by atoms with Gasteiger partial charge in [-0.2, -0.15) is 0 Å². The van der Waals surface area contributed by atoms with Crippen LogP contribution in [0.1, 0.15) is 71.7 Å². The van der Waals surface area contributed by atoms with Gasteiger partial charge in [0.15, 0.2) is 0 Å². The van der Waals surface area contributed by atoms with Crippen LogP contribution in [0.15, 0.2) is 48.5 Å². The molecule has 2 aliphatic rings. The minimum absolute atomic E-state index is 0.0799. The molecule has 34 heavy (non-hydrogen) atoms. The van der Waals surface area contributed by atoms with E-state index in [1.807, 2.05) is 25.1 Å². The van der Waals surface area contributed by atoms with E-state index in [4.69, 9.17) is 0 Å². The zero-order chi connectivity index (χ0) is 24.1. The van der Waals surface area contributed by atoms with Gasteiger partial charge in [-0.15, -0.1) is 0 Å². The highest BCUT2D eigenvalue weighted by Crippen LogP contribution is 2.25. The molecule has 0 bridgehead atoms. The molecule has 1 heterocycles. The van der Waals surface area contributed by atoms with Gasteiger partial charge in [0.1, 0.15) is 0 Å². The van der Waals surface area contributed by atoms with Crippen molar-refractivity contribution in [2.24, 2.45) is 11.8 Å². The van der Waals surface area contributed by atoms with E-state index >= 15 is 0 Å². The quantitative estimate of drug-likeness (QED) is 0.672. The Hall–Kier alpha value is -3.15. The number of hydrogen-bond acceptors (Lipinski definition) is 3. The van der Waals surface area contributed by atoms with Crippen LogP contribution in [0.5, 0.6) is 0 Å². The number of aryl methyl sites for hydroxylation is 1. The third-order valence-corrected chi connectivity index (χ3v) is 7.20. The lowest BCUT2D eigenvalue weighted by Gasteiger charge is -2.34. The molecule has 6 nitrogen and oxygen atoms in total. The molecule has 1 aliphatic carbocycles. The molecule has 6 heteroatoms. The normalized spacial score (nSPS) is 22.6. The number of anilines is 1. The summed E-state index contributed by atoms with van der Waals surface area (Å²) in [4.78, 5) is 40.6. The molecule has 0 radical (unpaired) electrons. The van der Waals surface area contributed by atoms with E-state index in [9.17, 15) is 14.4 Å². The van der Waals surface area contributed by atoms with Gasteiger partial charge < -0.3 is 15.5 Å². The number of hydrogen-bond donors (Lipinski definition) is 2. The second kappa shape index (κ2) is 10.9. The largest absolute Gasteiger partial charge is 0.353 e. The number of amides is 3. The van der Waals surface area contributed by atoms with Gasteiger partial charge >= 0.3 is 0 Å². The van der Waals surface area contributed by atoms with Crippen LogP contribution in [-0.2, 0) is 4.79 Å². The van der Waals surface area contributed by atoms with E-state index in [1.165, 1.54) is 0 Å². The molecule has 1 unspecified atom stereocenters. The minimum Gasteiger partial charge on any atom is -0.353 e. The molecule has 2 aromatic rings. The molecule has 180 valence electrons. The number of carbonyl (C=O) groups is 3. The molecular formula is C28H35N3O3. The highest BCUT2D eigenvalue weighted by molar-refractivity contribution is 6.06. The van der Waals surface area contributed by atoms with Crippen molar-refractivity contribution in [3.8, 4) is 0 Å². The van der Waals surface area contributed by atoms with Gasteiger partial charge in [0.05, 0.1) is 5.92 Å². The van der Waals surface area contributed by atoms with Crippen LogP contribution in [0.2, 0.25) is 0 Å². The number of benzene rings is 2. The number of piperidine rings is 1. The van der Waals surface area contributed by atoms with E-state index in [0.717, 1.165) is 50.0 Å². The van der Waals surface area contributed by atoms with Crippen LogP contribution in [0.25, 0.3) is 0 Å². The standard InChI is InChI=1S/C28H35N3O3/c1-19-12-14-23(15-13-19)29-26(32)22-9-6-16-31(18-22)28(34)21-8-5-10-24(17-21)30-27(33)25-11-4-3-7-20(25)2/h3-5,7-8,10-11,17,19,22-23H,6,9,12-16,18H2,1-2H3,(H,29,32)(H,30,33). The third kappa shape index (κ3) is 5.85. The van der Waals surface area contributed by atoms with Gasteiger partial charge in [0, 0.05) is 35.9 Å². The molecule has 1 saturated carbocycles. The second-order valence-electron chi connectivity index (χ2n) is 9.91. The fourth-order valence-electron chi connectivity index (χ4n) is 5.04. The van der Waals surface area contributed by atoms with Crippen molar-refractivity contribution in [2.45, 2.75) is 58.4 Å². The average molecular weight is 462 g/mol. The number of likely N-dealkylation sites (tertiary alicyclic amines) is 1. The maximum Gasteiger partial charge on any atom is 0.255 e. The number of carbonyl (C=O) groups excluding carboxylic acids is 3. The summed E-state index contributed by atoms with van der Waals surface area (Å²) in [5.74, 6) is 0.357. The van der Waals surface area contributed by atoms with Gasteiger partial charge in [-0.05, 0) is 81.2 Å². The van der Waals surface area contributed by atoms with Crippen molar-refractivity contribution in [1.82, 2.24) is 10.2 Å². The first-order chi connectivity index (χ1) is 16.4. The summed E-state index contributed by atoms with van der Waals surface area (Å²) >= 11 is 0. The molecule has 1 saturated heterocycles. The fourth-order valence-corrected chi connectivity index (χ4v) is 5.04. The van der Waals surface area contributed by atoms with Crippen molar-refractivity contribution in [2.75, 3.05) is 18.4 Å². The van der Waals surface area contributed by atoms with Gasteiger partial charge in [0.25, 0.3) is 11.8 Å².